The van der Waals surface area contributed by atoms with E-state index in [2.05, 4.69) is 24.3 Å². The molecule has 0 heterocycles. The summed E-state index contributed by atoms with van der Waals surface area (Å²) in [5.41, 5.74) is 6.54. The number of aromatic carboxylic acids is 1. The number of alkyl halides is 1. The van der Waals surface area contributed by atoms with Gasteiger partial charge in [-0.25, -0.2) is 4.79 Å². The molecule has 4 aromatic carbocycles. The van der Waals surface area contributed by atoms with Gasteiger partial charge in [0.25, 0.3) is 0 Å². The first-order valence-corrected chi connectivity index (χ1v) is 11.6. The van der Waals surface area contributed by atoms with Gasteiger partial charge < -0.3 is 9.84 Å². The van der Waals surface area contributed by atoms with E-state index < -0.39 is 5.97 Å². The number of benzene rings is 4. The molecule has 0 aliphatic heterocycles. The summed E-state index contributed by atoms with van der Waals surface area (Å²) in [4.78, 5) is 11.5. The van der Waals surface area contributed by atoms with Gasteiger partial charge in [-0.15, -0.1) is 11.6 Å². The highest BCUT2D eigenvalue weighted by Crippen LogP contribution is 2.35. The molecule has 4 rings (SSSR count). The van der Waals surface area contributed by atoms with Crippen LogP contribution in [0.4, 0.5) is 0 Å². The summed E-state index contributed by atoms with van der Waals surface area (Å²) in [7, 11) is 0. The van der Waals surface area contributed by atoms with Crippen LogP contribution < -0.4 is 4.74 Å². The Morgan fingerprint density at radius 2 is 1.26 bits per heavy atom. The van der Waals surface area contributed by atoms with Gasteiger partial charge in [0.15, 0.2) is 0 Å². The third-order valence-corrected chi connectivity index (χ3v) is 5.81. The number of carboxylic acids is 1. The lowest BCUT2D eigenvalue weighted by atomic mass is 9.88. The van der Waals surface area contributed by atoms with Gasteiger partial charge in [-0.1, -0.05) is 91.0 Å². The van der Waals surface area contributed by atoms with E-state index in [1.54, 1.807) is 18.2 Å². The molecule has 0 atom stereocenters. The Bertz CT molecular complexity index is 1260. The van der Waals surface area contributed by atoms with Crippen LogP contribution in [0.5, 0.6) is 5.75 Å². The molecule has 0 aromatic heterocycles. The number of hydrogen-bond donors (Lipinski definition) is 1. The van der Waals surface area contributed by atoms with Gasteiger partial charge in [-0.3, -0.25) is 0 Å². The number of halogens is 1. The molecular formula is C30H25ClO3. The fraction of sp³-hybridized carbons (Fsp3) is 0.100. The zero-order valence-corrected chi connectivity index (χ0v) is 19.4. The highest BCUT2D eigenvalue weighted by atomic mass is 35.5. The third kappa shape index (κ3) is 5.56. The van der Waals surface area contributed by atoms with E-state index in [0.717, 1.165) is 28.7 Å². The molecule has 4 heteroatoms. The molecule has 0 unspecified atom stereocenters. The van der Waals surface area contributed by atoms with Crippen molar-refractivity contribution in [2.45, 2.75) is 13.0 Å². The molecule has 0 bridgehead atoms. The summed E-state index contributed by atoms with van der Waals surface area (Å²) in [6.07, 6.45) is 0.736. The second-order valence-electron chi connectivity index (χ2n) is 7.80. The van der Waals surface area contributed by atoms with Gasteiger partial charge in [0.05, 0.1) is 5.56 Å². The largest absolute Gasteiger partial charge is 0.489 e. The Kier molecular flexibility index (Phi) is 7.79. The normalized spacial score (nSPS) is 11.6. The zero-order valence-electron chi connectivity index (χ0n) is 18.7. The van der Waals surface area contributed by atoms with E-state index >= 15 is 0 Å². The Hall–Kier alpha value is -3.82. The van der Waals surface area contributed by atoms with Gasteiger partial charge in [0.1, 0.15) is 12.4 Å². The van der Waals surface area contributed by atoms with Crippen molar-refractivity contribution < 1.29 is 14.6 Å². The molecular weight excluding hydrogens is 444 g/mol. The summed E-state index contributed by atoms with van der Waals surface area (Å²) in [5, 5.41) is 9.39. The zero-order chi connectivity index (χ0) is 23.8. The second-order valence-corrected chi connectivity index (χ2v) is 8.18. The van der Waals surface area contributed by atoms with Crippen molar-refractivity contribution in [2.75, 3.05) is 5.88 Å². The van der Waals surface area contributed by atoms with Crippen LogP contribution in [0.15, 0.2) is 109 Å². The number of rotatable bonds is 9. The number of carboxylic acid groups (broad SMARTS) is 1. The van der Waals surface area contributed by atoms with Crippen LogP contribution in [0, 0.1) is 0 Å². The van der Waals surface area contributed by atoms with E-state index in [9.17, 15) is 9.90 Å². The molecule has 0 amide bonds. The van der Waals surface area contributed by atoms with Crippen molar-refractivity contribution in [2.24, 2.45) is 0 Å². The maximum Gasteiger partial charge on any atom is 0.336 e. The van der Waals surface area contributed by atoms with E-state index in [4.69, 9.17) is 16.3 Å². The van der Waals surface area contributed by atoms with Gasteiger partial charge in [0.2, 0.25) is 0 Å². The first-order valence-electron chi connectivity index (χ1n) is 11.1. The molecule has 34 heavy (non-hydrogen) atoms. The van der Waals surface area contributed by atoms with Gasteiger partial charge in [-0.05, 0) is 52.5 Å². The average Bonchev–Trinajstić information content (AvgIpc) is 2.89. The lowest BCUT2D eigenvalue weighted by Crippen LogP contribution is -2.05. The maximum atomic E-state index is 11.5. The Morgan fingerprint density at radius 3 is 1.88 bits per heavy atom. The Labute approximate surface area is 204 Å². The summed E-state index contributed by atoms with van der Waals surface area (Å²) >= 11 is 6.23. The fourth-order valence-electron chi connectivity index (χ4n) is 4.00. The summed E-state index contributed by atoms with van der Waals surface area (Å²) in [6, 6.07) is 35.4. The topological polar surface area (TPSA) is 46.5 Å². The summed E-state index contributed by atoms with van der Waals surface area (Å²) < 4.78 is 5.92. The van der Waals surface area contributed by atoms with Crippen molar-refractivity contribution in [1.82, 2.24) is 0 Å². The standard InChI is InChI=1S/C30H25ClO3/c31-20-19-27(22-9-3-1-4-10-22)29(23-11-5-2-6-12-23)24-15-17-26(18-16-24)34-21-25-13-7-8-14-28(25)30(32)33/h1-18H,19-21H2,(H,32,33). The van der Waals surface area contributed by atoms with E-state index in [1.165, 1.54) is 5.57 Å². The van der Waals surface area contributed by atoms with Crippen LogP contribution >= 0.6 is 11.6 Å². The Balaban J connectivity index is 1.68. The average molecular weight is 469 g/mol. The molecule has 0 aliphatic carbocycles. The first-order chi connectivity index (χ1) is 16.7. The molecule has 1 N–H and O–H groups in total. The third-order valence-electron chi connectivity index (χ3n) is 5.62. The maximum absolute atomic E-state index is 11.5. The minimum Gasteiger partial charge on any atom is -0.489 e. The molecule has 170 valence electrons. The first kappa shape index (κ1) is 23.3. The fourth-order valence-corrected chi connectivity index (χ4v) is 4.19. The van der Waals surface area contributed by atoms with Crippen molar-refractivity contribution in [3.05, 3.63) is 137 Å². The molecule has 0 saturated carbocycles. The Morgan fingerprint density at radius 1 is 0.706 bits per heavy atom. The van der Waals surface area contributed by atoms with Crippen molar-refractivity contribution >= 4 is 28.7 Å². The van der Waals surface area contributed by atoms with E-state index in [-0.39, 0.29) is 12.2 Å². The highest BCUT2D eigenvalue weighted by Gasteiger charge is 2.14. The van der Waals surface area contributed by atoms with Crippen LogP contribution in [0.3, 0.4) is 0 Å². The predicted molar refractivity (Wildman–Crippen MR) is 138 cm³/mol. The van der Waals surface area contributed by atoms with E-state index in [1.807, 2.05) is 66.7 Å². The number of hydrogen-bond acceptors (Lipinski definition) is 2. The summed E-state index contributed by atoms with van der Waals surface area (Å²) in [6.45, 7) is 0.185. The lowest BCUT2D eigenvalue weighted by molar-refractivity contribution is 0.0694. The molecule has 4 aromatic rings. The number of ether oxygens (including phenoxy) is 1. The minimum atomic E-state index is -0.958. The van der Waals surface area contributed by atoms with E-state index in [0.29, 0.717) is 17.2 Å². The highest BCUT2D eigenvalue weighted by molar-refractivity contribution is 6.18. The summed E-state index contributed by atoms with van der Waals surface area (Å²) in [5.74, 6) is 0.236. The molecule has 0 spiro atoms. The number of allylic oxidation sites excluding steroid dienone is 1. The van der Waals surface area contributed by atoms with Crippen LogP contribution in [0.25, 0.3) is 11.1 Å². The molecule has 3 nitrogen and oxygen atoms in total. The van der Waals surface area contributed by atoms with Gasteiger partial charge >= 0.3 is 5.97 Å². The van der Waals surface area contributed by atoms with Crippen LogP contribution in [0.1, 0.15) is 39.0 Å². The predicted octanol–water partition coefficient (Wildman–Crippen LogP) is 7.55. The quantitative estimate of drug-likeness (QED) is 0.204. The second kappa shape index (κ2) is 11.4. The van der Waals surface area contributed by atoms with Crippen molar-refractivity contribution in [3.63, 3.8) is 0 Å². The molecule has 0 saturated heterocycles. The van der Waals surface area contributed by atoms with Crippen LogP contribution in [-0.4, -0.2) is 17.0 Å². The van der Waals surface area contributed by atoms with Gasteiger partial charge in [0, 0.05) is 11.4 Å². The van der Waals surface area contributed by atoms with Crippen LogP contribution in [0.2, 0.25) is 0 Å². The minimum absolute atomic E-state index is 0.185. The smallest absolute Gasteiger partial charge is 0.336 e. The monoisotopic (exact) mass is 468 g/mol. The lowest BCUT2D eigenvalue weighted by Gasteiger charge is -2.17. The molecule has 0 aliphatic rings. The van der Waals surface area contributed by atoms with Crippen molar-refractivity contribution in [1.29, 1.82) is 0 Å². The molecule has 0 fully saturated rings. The van der Waals surface area contributed by atoms with Crippen molar-refractivity contribution in [3.8, 4) is 5.75 Å². The number of carbonyl (C=O) groups is 1. The SMILES string of the molecule is O=C(O)c1ccccc1COc1ccc(C(=C(CCCl)c2ccccc2)c2ccccc2)cc1. The molecule has 0 radical (unpaired) electrons. The van der Waals surface area contributed by atoms with Gasteiger partial charge in [-0.2, -0.15) is 0 Å². The van der Waals surface area contributed by atoms with Crippen LogP contribution in [-0.2, 0) is 6.61 Å².